The number of hydrogen-bond donors (Lipinski definition) is 2. The van der Waals surface area contributed by atoms with Crippen molar-refractivity contribution in [1.29, 1.82) is 0 Å². The van der Waals surface area contributed by atoms with Gasteiger partial charge in [-0.1, -0.05) is 24.3 Å². The minimum atomic E-state index is -0.978. The minimum Gasteiger partial charge on any atom is -0.302 e. The van der Waals surface area contributed by atoms with Crippen LogP contribution in [-0.2, 0) is 9.59 Å². The number of nitrogens with one attached hydrogen (secondary N) is 2. The number of amides is 2. The lowest BCUT2D eigenvalue weighted by molar-refractivity contribution is -0.136. The van der Waals surface area contributed by atoms with Crippen LogP contribution in [0.15, 0.2) is 53.8 Å². The van der Waals surface area contributed by atoms with E-state index >= 15 is 0 Å². The van der Waals surface area contributed by atoms with Crippen LogP contribution in [0.1, 0.15) is 5.56 Å². The molecule has 6 nitrogen and oxygen atoms in total. The second-order valence-electron chi connectivity index (χ2n) is 3.89. The van der Waals surface area contributed by atoms with E-state index < -0.39 is 17.6 Å². The lowest BCUT2D eigenvalue weighted by atomic mass is 10.2. The highest BCUT2D eigenvalue weighted by atomic mass is 19.1. The van der Waals surface area contributed by atoms with Gasteiger partial charge in [-0.15, -0.1) is 0 Å². The number of nitrogens with zero attached hydrogens (tertiary/aromatic N) is 2. The molecular weight excluding hydrogens is 275 g/mol. The van der Waals surface area contributed by atoms with Crippen molar-refractivity contribution in [3.63, 3.8) is 0 Å². The first-order chi connectivity index (χ1) is 10.2. The van der Waals surface area contributed by atoms with E-state index in [1.807, 2.05) is 5.43 Å². The number of hydrogen-bond acceptors (Lipinski definition) is 4. The quantitative estimate of drug-likeness (QED) is 0.507. The van der Waals surface area contributed by atoms with Crippen molar-refractivity contribution in [2.45, 2.75) is 0 Å². The second kappa shape index (κ2) is 6.90. The molecule has 1 heterocycles. The highest BCUT2D eigenvalue weighted by Crippen LogP contribution is 2.02. The molecule has 0 aliphatic heterocycles. The first-order valence-corrected chi connectivity index (χ1v) is 5.97. The zero-order valence-electron chi connectivity index (χ0n) is 10.8. The number of pyridine rings is 1. The van der Waals surface area contributed by atoms with Crippen LogP contribution in [0.2, 0.25) is 0 Å². The monoisotopic (exact) mass is 286 g/mol. The summed E-state index contributed by atoms with van der Waals surface area (Å²) in [6.07, 6.45) is 2.59. The maximum Gasteiger partial charge on any atom is 0.329 e. The van der Waals surface area contributed by atoms with Gasteiger partial charge in [0.25, 0.3) is 0 Å². The molecule has 1 aromatic heterocycles. The van der Waals surface area contributed by atoms with E-state index in [-0.39, 0.29) is 11.4 Å². The van der Waals surface area contributed by atoms with Crippen molar-refractivity contribution < 1.29 is 14.0 Å². The fourth-order valence-electron chi connectivity index (χ4n) is 1.40. The average Bonchev–Trinajstić information content (AvgIpc) is 2.50. The molecule has 0 bridgehead atoms. The molecular formula is C14H11FN4O2. The molecule has 2 amide bonds. The van der Waals surface area contributed by atoms with Crippen LogP contribution in [0.25, 0.3) is 0 Å². The molecule has 2 rings (SSSR count). The predicted octanol–water partition coefficient (Wildman–Crippen LogP) is 1.31. The summed E-state index contributed by atoms with van der Waals surface area (Å²) in [6.45, 7) is 0. The van der Waals surface area contributed by atoms with Crippen molar-refractivity contribution in [1.82, 2.24) is 10.4 Å². The molecule has 21 heavy (non-hydrogen) atoms. The molecule has 0 saturated carbocycles. The number of aromatic nitrogens is 1. The smallest absolute Gasteiger partial charge is 0.302 e. The Kier molecular flexibility index (Phi) is 4.70. The zero-order chi connectivity index (χ0) is 15.1. The third kappa shape index (κ3) is 4.20. The van der Waals surface area contributed by atoms with Crippen molar-refractivity contribution in [3.8, 4) is 0 Å². The molecule has 106 valence electrons. The van der Waals surface area contributed by atoms with Crippen LogP contribution >= 0.6 is 0 Å². The van der Waals surface area contributed by atoms with Crippen LogP contribution in [-0.4, -0.2) is 23.0 Å². The summed E-state index contributed by atoms with van der Waals surface area (Å²) in [5.41, 5.74) is 2.20. The van der Waals surface area contributed by atoms with Crippen LogP contribution in [0.5, 0.6) is 0 Å². The van der Waals surface area contributed by atoms with Gasteiger partial charge >= 0.3 is 11.8 Å². The number of rotatable bonds is 3. The third-order valence-electron chi connectivity index (χ3n) is 2.39. The van der Waals surface area contributed by atoms with E-state index in [1.165, 1.54) is 30.5 Å². The molecule has 0 unspecified atom stereocenters. The fraction of sp³-hybridized carbons (Fsp3) is 0. The largest absolute Gasteiger partial charge is 0.329 e. The number of carbonyl (C=O) groups excluding carboxylic acids is 2. The first-order valence-electron chi connectivity index (χ1n) is 5.97. The summed E-state index contributed by atoms with van der Waals surface area (Å²) in [4.78, 5) is 26.8. The molecule has 0 spiro atoms. The number of anilines is 1. The molecule has 7 heteroatoms. The summed E-state index contributed by atoms with van der Waals surface area (Å²) < 4.78 is 13.3. The van der Waals surface area contributed by atoms with Gasteiger partial charge < -0.3 is 5.32 Å². The molecule has 0 aliphatic carbocycles. The molecule has 2 N–H and O–H groups in total. The second-order valence-corrected chi connectivity index (χ2v) is 3.89. The van der Waals surface area contributed by atoms with Gasteiger partial charge in [0.1, 0.15) is 11.6 Å². The first kappa shape index (κ1) is 14.3. The van der Waals surface area contributed by atoms with Gasteiger partial charge in [0.05, 0.1) is 6.21 Å². The van der Waals surface area contributed by atoms with Gasteiger partial charge in [0.2, 0.25) is 0 Å². The SMILES string of the molecule is O=C(N/N=C/c1ccccc1F)C(=O)Nc1ccccn1. The summed E-state index contributed by atoms with van der Waals surface area (Å²) >= 11 is 0. The van der Waals surface area contributed by atoms with Crippen molar-refractivity contribution >= 4 is 23.8 Å². The Balaban J connectivity index is 1.90. The van der Waals surface area contributed by atoms with Gasteiger partial charge in [-0.2, -0.15) is 5.10 Å². The lowest BCUT2D eigenvalue weighted by Gasteiger charge is -2.02. The van der Waals surface area contributed by atoms with E-state index in [1.54, 1.807) is 18.2 Å². The summed E-state index contributed by atoms with van der Waals surface area (Å²) in [5.74, 6) is -2.13. The van der Waals surface area contributed by atoms with Crippen LogP contribution < -0.4 is 10.7 Å². The molecule has 0 fully saturated rings. The Hall–Kier alpha value is -3.09. The van der Waals surface area contributed by atoms with Crippen molar-refractivity contribution in [2.75, 3.05) is 5.32 Å². The molecule has 1 aromatic carbocycles. The normalized spacial score (nSPS) is 10.3. The standard InChI is InChI=1S/C14H11FN4O2/c15-11-6-2-1-5-10(11)9-17-19-14(21)13(20)18-12-7-3-4-8-16-12/h1-9H,(H,19,21)(H,16,18,20)/b17-9+. The minimum absolute atomic E-state index is 0.197. The third-order valence-corrected chi connectivity index (χ3v) is 2.39. The van der Waals surface area contributed by atoms with E-state index in [0.717, 1.165) is 6.21 Å². The van der Waals surface area contributed by atoms with Crippen molar-refractivity contribution in [2.24, 2.45) is 5.10 Å². The van der Waals surface area contributed by atoms with Gasteiger partial charge in [-0.3, -0.25) is 9.59 Å². The molecule has 0 aliphatic rings. The number of halogens is 1. The van der Waals surface area contributed by atoms with Crippen LogP contribution in [0.3, 0.4) is 0 Å². The topological polar surface area (TPSA) is 83.5 Å². The van der Waals surface area contributed by atoms with E-state index in [2.05, 4.69) is 15.4 Å². The maximum atomic E-state index is 13.3. The van der Waals surface area contributed by atoms with Gasteiger partial charge in [0, 0.05) is 11.8 Å². The van der Waals surface area contributed by atoms with Gasteiger partial charge in [-0.25, -0.2) is 14.8 Å². The Morgan fingerprint density at radius 3 is 2.57 bits per heavy atom. The number of carbonyl (C=O) groups is 2. The summed E-state index contributed by atoms with van der Waals surface area (Å²) in [5, 5.41) is 5.81. The summed E-state index contributed by atoms with van der Waals surface area (Å²) in [6, 6.07) is 10.8. The Morgan fingerprint density at radius 2 is 1.86 bits per heavy atom. The average molecular weight is 286 g/mol. The number of hydrazone groups is 1. The van der Waals surface area contributed by atoms with Gasteiger partial charge in [0.15, 0.2) is 0 Å². The Labute approximate surface area is 119 Å². The predicted molar refractivity (Wildman–Crippen MR) is 75.0 cm³/mol. The molecule has 0 atom stereocenters. The molecule has 0 saturated heterocycles. The van der Waals surface area contributed by atoms with Crippen LogP contribution in [0, 0.1) is 5.82 Å². The van der Waals surface area contributed by atoms with Crippen LogP contribution in [0.4, 0.5) is 10.2 Å². The fourth-order valence-corrected chi connectivity index (χ4v) is 1.40. The van der Waals surface area contributed by atoms with E-state index in [9.17, 15) is 14.0 Å². The van der Waals surface area contributed by atoms with E-state index in [4.69, 9.17) is 0 Å². The van der Waals surface area contributed by atoms with Crippen molar-refractivity contribution in [3.05, 3.63) is 60.0 Å². The maximum absolute atomic E-state index is 13.3. The van der Waals surface area contributed by atoms with Gasteiger partial charge in [-0.05, 0) is 18.2 Å². The Morgan fingerprint density at radius 1 is 1.10 bits per heavy atom. The molecule has 0 radical (unpaired) electrons. The molecule has 2 aromatic rings. The highest BCUT2D eigenvalue weighted by Gasteiger charge is 2.13. The summed E-state index contributed by atoms with van der Waals surface area (Å²) in [7, 11) is 0. The zero-order valence-corrected chi connectivity index (χ0v) is 10.8. The highest BCUT2D eigenvalue weighted by molar-refractivity contribution is 6.39. The lowest BCUT2D eigenvalue weighted by Crippen LogP contribution is -2.32. The Bertz CT molecular complexity index is 674. The van der Waals surface area contributed by atoms with E-state index in [0.29, 0.717) is 0 Å². The number of benzene rings is 1.